The van der Waals surface area contributed by atoms with E-state index in [0.717, 1.165) is 40.9 Å². The smallest absolute Gasteiger partial charge is 0.242 e. The molecule has 6 aromatic rings. The van der Waals surface area contributed by atoms with Gasteiger partial charge in [-0.05, 0) is 65.4 Å². The maximum atomic E-state index is 13.8. The lowest BCUT2D eigenvalue weighted by atomic mass is 9.99. The summed E-state index contributed by atoms with van der Waals surface area (Å²) in [4.78, 5) is 16.3. The highest BCUT2D eigenvalue weighted by atomic mass is 32.2. The van der Waals surface area contributed by atoms with Crippen LogP contribution in [0.5, 0.6) is 0 Å². The van der Waals surface area contributed by atoms with Gasteiger partial charge in [0.25, 0.3) is 0 Å². The summed E-state index contributed by atoms with van der Waals surface area (Å²) >= 11 is 0. The number of anilines is 1. The van der Waals surface area contributed by atoms with Crippen LogP contribution in [0.1, 0.15) is 57.8 Å². The third kappa shape index (κ3) is 11.1. The van der Waals surface area contributed by atoms with E-state index in [1.165, 1.54) is 23.3 Å². The Kier molecular flexibility index (Phi) is 13.6. The third-order valence-electron chi connectivity index (χ3n) is 10.3. The number of carbonyl (C=O) groups is 1. The van der Waals surface area contributed by atoms with Gasteiger partial charge in [-0.15, -0.1) is 0 Å². The lowest BCUT2D eigenvalue weighted by Crippen LogP contribution is -2.45. The van der Waals surface area contributed by atoms with Crippen molar-refractivity contribution in [3.8, 4) is 0 Å². The summed E-state index contributed by atoms with van der Waals surface area (Å²) in [5, 5.41) is 12.6. The van der Waals surface area contributed by atoms with Crippen LogP contribution in [-0.4, -0.2) is 43.0 Å². The molecule has 1 aliphatic heterocycles. The number of aliphatic hydroxyl groups excluding tert-OH is 1. The Morgan fingerprint density at radius 2 is 1.24 bits per heavy atom. The number of aliphatic hydroxyl groups is 1. The summed E-state index contributed by atoms with van der Waals surface area (Å²) in [7, 11) is -4.00. The van der Waals surface area contributed by atoms with E-state index < -0.39 is 28.3 Å². The van der Waals surface area contributed by atoms with Gasteiger partial charge in [0.1, 0.15) is 6.04 Å². The number of hydrogen-bond acceptors (Lipinski definition) is 7. The molecule has 0 aliphatic carbocycles. The van der Waals surface area contributed by atoms with Gasteiger partial charge in [-0.25, -0.2) is 8.42 Å². The van der Waals surface area contributed by atoms with Gasteiger partial charge in [-0.2, -0.15) is 4.72 Å². The van der Waals surface area contributed by atoms with Crippen molar-refractivity contribution in [2.24, 2.45) is 0 Å². The van der Waals surface area contributed by atoms with Crippen LogP contribution < -0.4 is 10.0 Å². The molecule has 9 nitrogen and oxygen atoms in total. The second kappa shape index (κ2) is 19.3. The van der Waals surface area contributed by atoms with E-state index in [9.17, 15) is 18.3 Å². The Morgan fingerprint density at radius 3 is 1.81 bits per heavy atom. The molecule has 1 aliphatic rings. The van der Waals surface area contributed by atoms with Gasteiger partial charge >= 0.3 is 0 Å². The summed E-state index contributed by atoms with van der Waals surface area (Å²) in [6.45, 7) is 4.00. The highest BCUT2D eigenvalue weighted by Crippen LogP contribution is 2.38. The van der Waals surface area contributed by atoms with E-state index in [0.29, 0.717) is 18.7 Å². The van der Waals surface area contributed by atoms with E-state index in [4.69, 9.17) is 9.47 Å². The van der Waals surface area contributed by atoms with Crippen LogP contribution in [0.15, 0.2) is 169 Å². The monoisotopic (exact) mass is 795 g/mol. The van der Waals surface area contributed by atoms with Crippen molar-refractivity contribution in [2.75, 3.05) is 11.9 Å². The van der Waals surface area contributed by atoms with Crippen LogP contribution in [-0.2, 0) is 50.4 Å². The number of sulfonamides is 1. The maximum absolute atomic E-state index is 13.8. The lowest BCUT2D eigenvalue weighted by Gasteiger charge is -2.38. The Hall–Kier alpha value is -5.46. The van der Waals surface area contributed by atoms with Crippen molar-refractivity contribution in [3.63, 3.8) is 0 Å². The third-order valence-corrected chi connectivity index (χ3v) is 11.7. The summed E-state index contributed by atoms with van der Waals surface area (Å²) in [6, 6.07) is 50.7. The molecule has 7 rings (SSSR count). The van der Waals surface area contributed by atoms with E-state index in [2.05, 4.69) is 63.5 Å². The zero-order valence-electron chi connectivity index (χ0n) is 32.5. The normalized spacial score (nSPS) is 17.5. The molecule has 0 bridgehead atoms. The molecule has 0 aromatic heterocycles. The number of nitrogens with zero attached hydrogens (tertiary/aromatic N) is 1. The first-order valence-electron chi connectivity index (χ1n) is 19.6. The zero-order chi connectivity index (χ0) is 40.3. The van der Waals surface area contributed by atoms with E-state index in [-0.39, 0.29) is 30.1 Å². The number of aryl methyl sites for hydroxylation is 1. The minimum atomic E-state index is -4.00. The van der Waals surface area contributed by atoms with Crippen LogP contribution in [0.25, 0.3) is 0 Å². The van der Waals surface area contributed by atoms with Crippen molar-refractivity contribution in [1.29, 1.82) is 0 Å². The molecule has 1 amide bonds. The number of carbonyl (C=O) groups excluding carboxylic acids is 1. The first kappa shape index (κ1) is 40.7. The molecule has 0 saturated carbocycles. The fourth-order valence-corrected chi connectivity index (χ4v) is 8.35. The minimum Gasteiger partial charge on any atom is -0.392 e. The second-order valence-electron chi connectivity index (χ2n) is 14.8. The fraction of sp³-hybridized carbons (Fsp3) is 0.229. The molecule has 0 radical (unpaired) electrons. The Morgan fingerprint density at radius 1 is 0.690 bits per heavy atom. The van der Waals surface area contributed by atoms with Gasteiger partial charge in [-0.3, -0.25) is 9.69 Å². The summed E-state index contributed by atoms with van der Waals surface area (Å²) in [5.74, 6) is -0.485. The number of nitrogens with one attached hydrogen (secondary N) is 2. The van der Waals surface area contributed by atoms with Crippen molar-refractivity contribution in [2.45, 2.75) is 68.9 Å². The lowest BCUT2D eigenvalue weighted by molar-refractivity contribution is -0.253. The maximum Gasteiger partial charge on any atom is 0.242 e. The highest BCUT2D eigenvalue weighted by molar-refractivity contribution is 7.89. The quantitative estimate of drug-likeness (QED) is 0.0904. The number of ether oxygens (including phenoxy) is 2. The average molecular weight is 796 g/mol. The Labute approximate surface area is 341 Å². The van der Waals surface area contributed by atoms with Crippen LogP contribution >= 0.6 is 0 Å². The standard InChI is InChI=1S/C48H49N3O6S/c1-35-17-27-44(28-18-35)58(54,55)50-45(29-36-11-5-2-6-12-36)47(53)49-42-25-23-41(24-26-42)48-56-43(30-46(57-48)40-21-19-39(34-52)20-22-40)33-51(31-37-13-7-3-8-14-37)32-38-15-9-4-10-16-38/h2-28,43,45-46,48,50,52H,29-34H2,1H3,(H,49,53). The van der Waals surface area contributed by atoms with Gasteiger partial charge in [0.2, 0.25) is 15.9 Å². The predicted octanol–water partition coefficient (Wildman–Crippen LogP) is 8.26. The van der Waals surface area contributed by atoms with Crippen LogP contribution in [0.4, 0.5) is 5.69 Å². The summed E-state index contributed by atoms with van der Waals surface area (Å²) in [6.07, 6.45) is -0.370. The molecule has 4 unspecified atom stereocenters. The molecule has 298 valence electrons. The van der Waals surface area contributed by atoms with E-state index in [1.807, 2.05) is 85.8 Å². The molecular weight excluding hydrogens is 747 g/mol. The van der Waals surface area contributed by atoms with Crippen molar-refractivity contribution in [3.05, 3.63) is 203 Å². The molecule has 3 N–H and O–H groups in total. The second-order valence-corrected chi connectivity index (χ2v) is 16.5. The topological polar surface area (TPSA) is 117 Å². The van der Waals surface area contributed by atoms with Gasteiger partial charge in [-0.1, -0.05) is 145 Å². The van der Waals surface area contributed by atoms with Crippen LogP contribution in [0.2, 0.25) is 0 Å². The van der Waals surface area contributed by atoms with E-state index >= 15 is 0 Å². The van der Waals surface area contributed by atoms with Gasteiger partial charge in [0, 0.05) is 37.3 Å². The fourth-order valence-electron chi connectivity index (χ4n) is 7.15. The highest BCUT2D eigenvalue weighted by Gasteiger charge is 2.34. The van der Waals surface area contributed by atoms with Gasteiger partial charge in [0.15, 0.2) is 6.29 Å². The summed E-state index contributed by atoms with van der Waals surface area (Å²) in [5.41, 5.74) is 7.27. The van der Waals surface area contributed by atoms with Crippen molar-refractivity contribution in [1.82, 2.24) is 9.62 Å². The van der Waals surface area contributed by atoms with Crippen LogP contribution in [0, 0.1) is 6.92 Å². The van der Waals surface area contributed by atoms with Crippen molar-refractivity contribution >= 4 is 21.6 Å². The molecular formula is C48H49N3O6S. The molecule has 4 atom stereocenters. The molecule has 1 heterocycles. The van der Waals surface area contributed by atoms with E-state index in [1.54, 1.807) is 24.3 Å². The SMILES string of the molecule is Cc1ccc(S(=O)(=O)NC(Cc2ccccc2)C(=O)Nc2ccc(C3OC(CN(Cc4ccccc4)Cc4ccccc4)CC(c4ccc(CO)cc4)O3)cc2)cc1. The molecule has 10 heteroatoms. The Bertz CT molecular complexity index is 2270. The first-order chi connectivity index (χ1) is 28.2. The largest absolute Gasteiger partial charge is 0.392 e. The first-order valence-corrected chi connectivity index (χ1v) is 21.0. The predicted molar refractivity (Wildman–Crippen MR) is 226 cm³/mol. The molecule has 58 heavy (non-hydrogen) atoms. The molecule has 0 spiro atoms. The van der Waals surface area contributed by atoms with Crippen molar-refractivity contribution < 1.29 is 27.8 Å². The number of amides is 1. The average Bonchev–Trinajstić information content (AvgIpc) is 3.25. The summed E-state index contributed by atoms with van der Waals surface area (Å²) < 4.78 is 42.9. The number of benzene rings is 6. The molecule has 6 aromatic carbocycles. The van der Waals surface area contributed by atoms with Crippen LogP contribution in [0.3, 0.4) is 0 Å². The Balaban J connectivity index is 1.10. The number of rotatable bonds is 16. The zero-order valence-corrected chi connectivity index (χ0v) is 33.3. The molecule has 1 saturated heterocycles. The minimum absolute atomic E-state index is 0.0391. The number of hydrogen-bond donors (Lipinski definition) is 3. The molecule has 1 fully saturated rings. The van der Waals surface area contributed by atoms with Gasteiger partial charge < -0.3 is 19.9 Å². The van der Waals surface area contributed by atoms with Gasteiger partial charge in [0.05, 0.1) is 23.7 Å².